The van der Waals surface area contributed by atoms with Crippen LogP contribution in [-0.4, -0.2) is 41.7 Å². The van der Waals surface area contributed by atoms with Gasteiger partial charge in [-0.25, -0.2) is 4.79 Å². The third-order valence-corrected chi connectivity index (χ3v) is 3.96. The Bertz CT molecular complexity index is 842. The van der Waals surface area contributed by atoms with Gasteiger partial charge in [-0.15, -0.1) is 0 Å². The van der Waals surface area contributed by atoms with Gasteiger partial charge in [-0.05, 0) is 25.0 Å². The summed E-state index contributed by atoms with van der Waals surface area (Å²) in [4.78, 5) is 41.2. The molecule has 1 amide bonds. The minimum Gasteiger partial charge on any atom is -0.465 e. The Hall–Kier alpha value is -2.67. The molecule has 0 unspecified atom stereocenters. The Kier molecular flexibility index (Phi) is 3.87. The second-order valence-electron chi connectivity index (χ2n) is 5.36. The summed E-state index contributed by atoms with van der Waals surface area (Å²) in [6.45, 7) is 0.314. The van der Waals surface area contributed by atoms with Crippen LogP contribution in [0.5, 0.6) is 0 Å². The molecule has 1 saturated heterocycles. The fourth-order valence-electron chi connectivity index (χ4n) is 2.79. The monoisotopic (exact) mass is 316 g/mol. The number of nitrogens with zero attached hydrogens (tertiary/aromatic N) is 1. The standard InChI is InChI=1S/C16H16N2O5/c1-23-16(22)12-13(20)9-5-2-3-6-10(9)17-14(12)18-8-4-7-11(19)15(18)21/h2-3,5-6,11,19H,4,7-8H2,1H3,(H,17,20)/t11-/m0/s1. The van der Waals surface area contributed by atoms with E-state index >= 15 is 0 Å². The number of hydrogen-bond acceptors (Lipinski definition) is 5. The molecule has 7 nitrogen and oxygen atoms in total. The fourth-order valence-corrected chi connectivity index (χ4v) is 2.79. The van der Waals surface area contributed by atoms with E-state index in [-0.39, 0.29) is 11.4 Å². The lowest BCUT2D eigenvalue weighted by Gasteiger charge is -2.30. The molecule has 0 aliphatic carbocycles. The molecule has 1 aliphatic rings. The second-order valence-corrected chi connectivity index (χ2v) is 5.36. The molecule has 2 heterocycles. The van der Waals surface area contributed by atoms with Crippen molar-refractivity contribution >= 4 is 28.6 Å². The van der Waals surface area contributed by atoms with Gasteiger partial charge < -0.3 is 14.8 Å². The van der Waals surface area contributed by atoms with Crippen LogP contribution in [0.1, 0.15) is 23.2 Å². The predicted octanol–water partition coefficient (Wildman–Crippen LogP) is 0.802. The lowest BCUT2D eigenvalue weighted by atomic mass is 10.1. The Morgan fingerprint density at radius 2 is 2.09 bits per heavy atom. The molecule has 1 aliphatic heterocycles. The van der Waals surface area contributed by atoms with Crippen LogP contribution in [0.2, 0.25) is 0 Å². The van der Waals surface area contributed by atoms with E-state index in [1.165, 1.54) is 12.0 Å². The third kappa shape index (κ3) is 2.49. The first kappa shape index (κ1) is 15.2. The number of aliphatic hydroxyl groups is 1. The van der Waals surface area contributed by atoms with Gasteiger partial charge in [0.25, 0.3) is 5.91 Å². The first-order chi connectivity index (χ1) is 11.0. The van der Waals surface area contributed by atoms with Gasteiger partial charge in [-0.1, -0.05) is 12.1 Å². The molecule has 3 rings (SSSR count). The summed E-state index contributed by atoms with van der Waals surface area (Å²) in [7, 11) is 1.17. The van der Waals surface area contributed by atoms with E-state index in [4.69, 9.17) is 4.74 Å². The summed E-state index contributed by atoms with van der Waals surface area (Å²) in [5.74, 6) is -1.28. The van der Waals surface area contributed by atoms with Gasteiger partial charge in [0.1, 0.15) is 17.5 Å². The molecule has 2 N–H and O–H groups in total. The topological polar surface area (TPSA) is 99.7 Å². The highest BCUT2D eigenvalue weighted by molar-refractivity contribution is 6.05. The van der Waals surface area contributed by atoms with Crippen molar-refractivity contribution in [1.29, 1.82) is 0 Å². The van der Waals surface area contributed by atoms with Gasteiger partial charge in [-0.3, -0.25) is 14.5 Å². The van der Waals surface area contributed by atoms with Crippen LogP contribution in [0, 0.1) is 0 Å². The lowest BCUT2D eigenvalue weighted by Crippen LogP contribution is -2.46. The van der Waals surface area contributed by atoms with Gasteiger partial charge in [0.2, 0.25) is 5.43 Å². The van der Waals surface area contributed by atoms with Crippen molar-refractivity contribution < 1.29 is 19.4 Å². The van der Waals surface area contributed by atoms with E-state index in [1.54, 1.807) is 24.3 Å². The summed E-state index contributed by atoms with van der Waals surface area (Å²) in [5.41, 5.74) is -0.226. The molecule has 0 radical (unpaired) electrons. The maximum Gasteiger partial charge on any atom is 0.345 e. The van der Waals surface area contributed by atoms with Crippen molar-refractivity contribution in [3.63, 3.8) is 0 Å². The van der Waals surface area contributed by atoms with E-state index in [2.05, 4.69) is 4.98 Å². The predicted molar refractivity (Wildman–Crippen MR) is 83.5 cm³/mol. The van der Waals surface area contributed by atoms with E-state index in [1.807, 2.05) is 0 Å². The largest absolute Gasteiger partial charge is 0.465 e. The van der Waals surface area contributed by atoms with Crippen molar-refractivity contribution in [1.82, 2.24) is 4.98 Å². The Labute approximate surface area is 131 Å². The number of H-pyrrole nitrogens is 1. The number of hydrogen-bond donors (Lipinski definition) is 2. The maximum absolute atomic E-state index is 12.7. The fraction of sp³-hybridized carbons (Fsp3) is 0.312. The molecule has 1 aromatic carbocycles. The molecule has 1 atom stereocenters. The summed E-state index contributed by atoms with van der Waals surface area (Å²) >= 11 is 0. The van der Waals surface area contributed by atoms with Crippen LogP contribution < -0.4 is 10.3 Å². The third-order valence-electron chi connectivity index (χ3n) is 3.96. The summed E-state index contributed by atoms with van der Waals surface area (Å²) in [6.07, 6.45) is -0.201. The summed E-state index contributed by atoms with van der Waals surface area (Å²) < 4.78 is 4.70. The number of fused-ring (bicyclic) bond motifs is 1. The average molecular weight is 316 g/mol. The number of amides is 1. The summed E-state index contributed by atoms with van der Waals surface area (Å²) in [6, 6.07) is 6.71. The molecule has 1 aromatic heterocycles. The first-order valence-corrected chi connectivity index (χ1v) is 7.27. The molecule has 120 valence electrons. The quantitative estimate of drug-likeness (QED) is 0.798. The summed E-state index contributed by atoms with van der Waals surface area (Å²) in [5, 5.41) is 10.1. The number of pyridine rings is 1. The average Bonchev–Trinajstić information content (AvgIpc) is 2.56. The number of aromatic nitrogens is 1. The zero-order chi connectivity index (χ0) is 16.6. The number of benzene rings is 1. The van der Waals surface area contributed by atoms with E-state index in [9.17, 15) is 19.5 Å². The van der Waals surface area contributed by atoms with Crippen LogP contribution in [0.4, 0.5) is 5.82 Å². The lowest BCUT2D eigenvalue weighted by molar-refractivity contribution is -0.128. The van der Waals surface area contributed by atoms with Gasteiger partial charge in [-0.2, -0.15) is 0 Å². The number of anilines is 1. The minimum atomic E-state index is -1.13. The van der Waals surface area contributed by atoms with E-state index < -0.39 is 23.4 Å². The highest BCUT2D eigenvalue weighted by atomic mass is 16.5. The molecular weight excluding hydrogens is 300 g/mol. The number of aliphatic hydroxyl groups excluding tert-OH is 1. The number of carbonyl (C=O) groups is 2. The van der Waals surface area contributed by atoms with Gasteiger partial charge in [0.05, 0.1) is 12.6 Å². The van der Waals surface area contributed by atoms with Crippen molar-refractivity contribution in [3.8, 4) is 0 Å². The smallest absolute Gasteiger partial charge is 0.345 e. The van der Waals surface area contributed by atoms with Crippen molar-refractivity contribution in [2.24, 2.45) is 0 Å². The minimum absolute atomic E-state index is 0.0734. The molecular formula is C16H16N2O5. The molecule has 7 heteroatoms. The number of methoxy groups -OCH3 is 1. The number of ether oxygens (including phenoxy) is 1. The zero-order valence-corrected chi connectivity index (χ0v) is 12.5. The Balaban J connectivity index is 2.28. The number of carbonyl (C=O) groups excluding carboxylic acids is 2. The van der Waals surface area contributed by atoms with Crippen LogP contribution in [0.3, 0.4) is 0 Å². The first-order valence-electron chi connectivity index (χ1n) is 7.27. The molecule has 2 aromatic rings. The van der Waals surface area contributed by atoms with E-state index in [0.717, 1.165) is 0 Å². The molecule has 0 saturated carbocycles. The second kappa shape index (κ2) is 5.85. The molecule has 0 bridgehead atoms. The number of aromatic amines is 1. The van der Waals surface area contributed by atoms with Gasteiger partial charge in [0.15, 0.2) is 0 Å². The number of piperidine rings is 1. The van der Waals surface area contributed by atoms with Crippen LogP contribution in [0.25, 0.3) is 10.9 Å². The SMILES string of the molecule is COC(=O)c1c(N2CCC[C@H](O)C2=O)[nH]c2ccccc2c1=O. The maximum atomic E-state index is 12.7. The van der Waals surface area contributed by atoms with E-state index in [0.29, 0.717) is 30.3 Å². The highest BCUT2D eigenvalue weighted by Gasteiger charge is 2.32. The Morgan fingerprint density at radius 3 is 2.83 bits per heavy atom. The number of nitrogens with one attached hydrogen (secondary N) is 1. The molecule has 1 fully saturated rings. The zero-order valence-electron chi connectivity index (χ0n) is 12.5. The van der Waals surface area contributed by atoms with Crippen LogP contribution in [-0.2, 0) is 9.53 Å². The van der Waals surface area contributed by atoms with Crippen molar-refractivity contribution in [2.75, 3.05) is 18.6 Å². The number of esters is 1. The highest BCUT2D eigenvalue weighted by Crippen LogP contribution is 2.24. The normalized spacial score (nSPS) is 18.3. The number of para-hydroxylation sites is 1. The molecule has 0 spiro atoms. The van der Waals surface area contributed by atoms with Crippen molar-refractivity contribution in [3.05, 3.63) is 40.1 Å². The van der Waals surface area contributed by atoms with Gasteiger partial charge >= 0.3 is 5.97 Å². The molecule has 23 heavy (non-hydrogen) atoms. The van der Waals surface area contributed by atoms with Crippen LogP contribution >= 0.6 is 0 Å². The number of rotatable bonds is 2. The van der Waals surface area contributed by atoms with Crippen LogP contribution in [0.15, 0.2) is 29.1 Å². The Morgan fingerprint density at radius 1 is 1.35 bits per heavy atom. The van der Waals surface area contributed by atoms with Crippen molar-refractivity contribution in [2.45, 2.75) is 18.9 Å². The van der Waals surface area contributed by atoms with Gasteiger partial charge in [0, 0.05) is 11.9 Å².